The number of H-pyrrole nitrogens is 2. The third-order valence-electron chi connectivity index (χ3n) is 9.26. The maximum Gasteiger partial charge on any atom is 0.269 e. The van der Waals surface area contributed by atoms with E-state index in [2.05, 4.69) is 60.1 Å². The number of nitro benzene ring substituents is 1. The summed E-state index contributed by atoms with van der Waals surface area (Å²) in [4.78, 5) is 31.0. The molecule has 50 heavy (non-hydrogen) atoms. The predicted molar refractivity (Wildman–Crippen MR) is 199 cm³/mol. The summed E-state index contributed by atoms with van der Waals surface area (Å²) in [6.07, 6.45) is 11.7. The highest BCUT2D eigenvalue weighted by molar-refractivity contribution is 7.41. The number of thiophene rings is 2. The molecule has 4 aromatic heterocycles. The third kappa shape index (κ3) is 8.96. The van der Waals surface area contributed by atoms with Crippen LogP contribution in [-0.4, -0.2) is 73.0 Å². The number of halogens is 1. The molecule has 0 radical (unpaired) electrons. The molecule has 2 fully saturated rings. The van der Waals surface area contributed by atoms with E-state index in [4.69, 9.17) is 21.1 Å². The molecule has 2 N–H and O–H groups in total. The fourth-order valence-corrected chi connectivity index (χ4v) is 9.30. The molecule has 2 aliphatic rings. The van der Waals surface area contributed by atoms with E-state index in [-0.39, 0.29) is 11.8 Å². The number of imidazole rings is 2. The minimum atomic E-state index is -0.394. The molecule has 2 saturated heterocycles. The van der Waals surface area contributed by atoms with Crippen LogP contribution in [0.15, 0.2) is 73.6 Å². The first kappa shape index (κ1) is 34.7. The summed E-state index contributed by atoms with van der Waals surface area (Å²) in [6, 6.07) is 15.7. The molecule has 262 valence electrons. The van der Waals surface area contributed by atoms with Crippen molar-refractivity contribution in [3.8, 4) is 0 Å². The fourth-order valence-electron chi connectivity index (χ4n) is 6.51. The number of hydrogen-bond donors (Lipinski definition) is 2. The number of hydrogen-bond acceptors (Lipinski definition) is 10. The van der Waals surface area contributed by atoms with Gasteiger partial charge in [0, 0.05) is 89.2 Å². The van der Waals surface area contributed by atoms with Crippen molar-refractivity contribution in [1.29, 1.82) is 0 Å². The van der Waals surface area contributed by atoms with Crippen molar-refractivity contribution in [3.63, 3.8) is 0 Å². The van der Waals surface area contributed by atoms with E-state index in [0.29, 0.717) is 30.9 Å². The molecule has 11 nitrogen and oxygen atoms in total. The van der Waals surface area contributed by atoms with Gasteiger partial charge in [0.25, 0.3) is 5.69 Å². The van der Waals surface area contributed by atoms with Crippen molar-refractivity contribution < 1.29 is 14.4 Å². The lowest BCUT2D eigenvalue weighted by Gasteiger charge is -2.31. The average Bonchev–Trinajstić information content (AvgIpc) is 3.96. The Labute approximate surface area is 303 Å². The lowest BCUT2D eigenvalue weighted by Crippen LogP contribution is -2.36. The molecule has 0 unspecified atom stereocenters. The SMILES string of the molecule is O=[N+]([O-])c1ccc(Cl)c(CN2CCC(OCc3c[nH]cn3)CC2)c1.c1ccc2c(c1)sc1sc(CN3CCC(OCc4c[nH]cn4)CC3)cc12. The third-order valence-corrected chi connectivity index (χ3v) is 12.0. The van der Waals surface area contributed by atoms with Gasteiger partial charge in [-0.3, -0.25) is 19.9 Å². The highest BCUT2D eigenvalue weighted by Crippen LogP contribution is 2.39. The molecule has 6 heterocycles. The standard InChI is InChI=1S/C20H21N3OS2.C16H19ClN4O3/c1-2-4-19-17(3-1)18-9-16(25-20(18)26-19)11-23-7-5-15(6-8-23)24-12-14-10-21-13-22-14;17-16-2-1-14(21(22)23)7-12(16)9-20-5-3-15(4-6-20)24-10-13-8-18-11-19-13/h1-4,9-10,13,15H,5-8,11-12H2,(H,21,22);1-2,7-8,11,15H,3-6,9-10H2,(H,18,19). The Balaban J connectivity index is 0.000000157. The normalized spacial score (nSPS) is 16.6. The van der Waals surface area contributed by atoms with E-state index in [1.165, 1.54) is 30.4 Å². The fraction of sp³-hybridized carbons (Fsp3) is 0.389. The monoisotopic (exact) mass is 733 g/mol. The number of nitrogens with one attached hydrogen (secondary N) is 2. The zero-order chi connectivity index (χ0) is 34.3. The van der Waals surface area contributed by atoms with Gasteiger partial charge in [0.2, 0.25) is 0 Å². The van der Waals surface area contributed by atoms with Crippen LogP contribution in [0.2, 0.25) is 5.02 Å². The second kappa shape index (κ2) is 16.6. The van der Waals surface area contributed by atoms with Crippen LogP contribution < -0.4 is 0 Å². The van der Waals surface area contributed by atoms with E-state index in [1.807, 2.05) is 35.1 Å². The molecular weight excluding hydrogens is 694 g/mol. The Hall–Kier alpha value is -3.69. The van der Waals surface area contributed by atoms with Gasteiger partial charge in [-0.2, -0.15) is 0 Å². The lowest BCUT2D eigenvalue weighted by molar-refractivity contribution is -0.384. The van der Waals surface area contributed by atoms with Crippen LogP contribution in [0.1, 0.15) is 47.5 Å². The first-order valence-electron chi connectivity index (χ1n) is 16.9. The zero-order valence-electron chi connectivity index (χ0n) is 27.6. The summed E-state index contributed by atoms with van der Waals surface area (Å²) in [5.74, 6) is 0. The summed E-state index contributed by atoms with van der Waals surface area (Å²) in [6.45, 7) is 6.79. The molecule has 0 aliphatic carbocycles. The molecule has 14 heteroatoms. The number of likely N-dealkylation sites (tertiary alicyclic amines) is 2. The van der Waals surface area contributed by atoms with Gasteiger partial charge in [0.1, 0.15) is 0 Å². The molecule has 0 amide bonds. The number of rotatable bonds is 11. The van der Waals surface area contributed by atoms with E-state index in [9.17, 15) is 10.1 Å². The van der Waals surface area contributed by atoms with Crippen LogP contribution in [0.3, 0.4) is 0 Å². The zero-order valence-corrected chi connectivity index (χ0v) is 30.0. The Morgan fingerprint density at radius 2 is 1.44 bits per heavy atom. The number of fused-ring (bicyclic) bond motifs is 3. The summed E-state index contributed by atoms with van der Waals surface area (Å²) < 4.78 is 14.7. The Bertz CT molecular complexity index is 1960. The number of nitrogens with zero attached hydrogens (tertiary/aromatic N) is 5. The van der Waals surface area contributed by atoms with Gasteiger partial charge in [0.05, 0.1) is 58.4 Å². The maximum absolute atomic E-state index is 10.9. The van der Waals surface area contributed by atoms with Crippen LogP contribution in [0.25, 0.3) is 19.5 Å². The van der Waals surface area contributed by atoms with Gasteiger partial charge >= 0.3 is 0 Å². The van der Waals surface area contributed by atoms with Crippen molar-refractivity contribution in [3.05, 3.63) is 111 Å². The predicted octanol–water partition coefficient (Wildman–Crippen LogP) is 8.17. The first-order valence-corrected chi connectivity index (χ1v) is 18.9. The van der Waals surface area contributed by atoms with Gasteiger partial charge in [0.15, 0.2) is 0 Å². The lowest BCUT2D eigenvalue weighted by atomic mass is 10.1. The summed E-state index contributed by atoms with van der Waals surface area (Å²) in [5, 5.41) is 14.3. The van der Waals surface area contributed by atoms with Crippen LogP contribution >= 0.6 is 34.3 Å². The molecule has 0 spiro atoms. The van der Waals surface area contributed by atoms with Crippen molar-refractivity contribution in [2.75, 3.05) is 26.2 Å². The summed E-state index contributed by atoms with van der Waals surface area (Å²) >= 11 is 10.1. The first-order chi connectivity index (χ1) is 24.5. The number of non-ortho nitro benzene ring substituents is 1. The second-order valence-electron chi connectivity index (χ2n) is 12.7. The van der Waals surface area contributed by atoms with Crippen molar-refractivity contribution >= 4 is 59.4 Å². The van der Waals surface area contributed by atoms with Gasteiger partial charge in [-0.25, -0.2) is 9.97 Å². The highest BCUT2D eigenvalue weighted by atomic mass is 35.5. The van der Waals surface area contributed by atoms with Crippen LogP contribution in [0, 0.1) is 10.1 Å². The Morgan fingerprint density at radius 3 is 2.04 bits per heavy atom. The molecule has 0 saturated carbocycles. The van der Waals surface area contributed by atoms with Crippen molar-refractivity contribution in [1.82, 2.24) is 29.7 Å². The quantitative estimate of drug-likeness (QED) is 0.101. The van der Waals surface area contributed by atoms with Gasteiger partial charge in [-0.15, -0.1) is 22.7 Å². The van der Waals surface area contributed by atoms with E-state index >= 15 is 0 Å². The molecule has 6 aromatic rings. The Morgan fingerprint density at radius 1 is 0.820 bits per heavy atom. The second-order valence-corrected chi connectivity index (χ2v) is 15.6. The average molecular weight is 734 g/mol. The number of nitro groups is 1. The number of benzene rings is 2. The minimum Gasteiger partial charge on any atom is -0.372 e. The van der Waals surface area contributed by atoms with Crippen LogP contribution in [0.4, 0.5) is 5.69 Å². The topological polar surface area (TPSA) is 125 Å². The van der Waals surface area contributed by atoms with Gasteiger partial charge in [-0.1, -0.05) is 29.8 Å². The molecule has 8 rings (SSSR count). The molecule has 0 atom stereocenters. The van der Waals surface area contributed by atoms with Crippen molar-refractivity contribution in [2.45, 2.75) is 64.2 Å². The van der Waals surface area contributed by atoms with E-state index < -0.39 is 4.92 Å². The van der Waals surface area contributed by atoms with Crippen molar-refractivity contribution in [2.24, 2.45) is 0 Å². The van der Waals surface area contributed by atoms with E-state index in [0.717, 1.165) is 75.4 Å². The van der Waals surface area contributed by atoms with Crippen LogP contribution in [-0.2, 0) is 35.8 Å². The summed E-state index contributed by atoms with van der Waals surface area (Å²) in [5.41, 5.74) is 2.76. The number of ether oxygens (including phenoxy) is 2. The summed E-state index contributed by atoms with van der Waals surface area (Å²) in [7, 11) is 0. The highest BCUT2D eigenvalue weighted by Gasteiger charge is 2.23. The number of aromatic amines is 2. The van der Waals surface area contributed by atoms with Gasteiger partial charge < -0.3 is 19.4 Å². The number of aromatic nitrogens is 4. The molecule has 2 aliphatic heterocycles. The maximum atomic E-state index is 10.9. The Kier molecular flexibility index (Phi) is 11.5. The van der Waals surface area contributed by atoms with Crippen LogP contribution in [0.5, 0.6) is 0 Å². The largest absolute Gasteiger partial charge is 0.372 e. The smallest absolute Gasteiger partial charge is 0.269 e. The molecular formula is C36H40ClN7O4S2. The minimum absolute atomic E-state index is 0.0756. The number of piperidine rings is 2. The molecule has 0 bridgehead atoms. The van der Waals surface area contributed by atoms with Gasteiger partial charge in [-0.05, 0) is 49.4 Å². The molecule has 2 aromatic carbocycles. The van der Waals surface area contributed by atoms with E-state index in [1.54, 1.807) is 24.8 Å².